The second-order valence-corrected chi connectivity index (χ2v) is 7.86. The summed E-state index contributed by atoms with van der Waals surface area (Å²) in [5.74, 6) is 1.10. The lowest BCUT2D eigenvalue weighted by Gasteiger charge is -2.20. The number of fused-ring (bicyclic) bond motifs is 1. The highest BCUT2D eigenvalue weighted by Gasteiger charge is 2.20. The zero-order valence-electron chi connectivity index (χ0n) is 15.5. The highest BCUT2D eigenvalue weighted by Crippen LogP contribution is 2.25. The maximum atomic E-state index is 12.7. The lowest BCUT2D eigenvalue weighted by molar-refractivity contribution is -0.121. The Balaban J connectivity index is 1.81. The number of nitrogens with zero attached hydrogens (tertiary/aromatic N) is 4. The van der Waals surface area contributed by atoms with Crippen LogP contribution in [-0.4, -0.2) is 25.5 Å². The summed E-state index contributed by atoms with van der Waals surface area (Å²) in [6.45, 7) is 8.11. The quantitative estimate of drug-likeness (QED) is 0.693. The van der Waals surface area contributed by atoms with Crippen LogP contribution in [0.5, 0.6) is 0 Å². The van der Waals surface area contributed by atoms with Gasteiger partial charge in [-0.05, 0) is 37.6 Å². The van der Waals surface area contributed by atoms with Gasteiger partial charge in [-0.2, -0.15) is 9.50 Å². The second kappa shape index (κ2) is 7.41. The molecule has 0 aliphatic carbocycles. The minimum atomic E-state index is -0.0236. The lowest BCUT2D eigenvalue weighted by Crippen LogP contribution is -2.31. The Bertz CT molecular complexity index is 916. The van der Waals surface area contributed by atoms with Gasteiger partial charge in [-0.1, -0.05) is 19.9 Å². The van der Waals surface area contributed by atoms with E-state index in [0.29, 0.717) is 11.7 Å². The normalized spacial score (nSPS) is 12.7. The van der Waals surface area contributed by atoms with Crippen LogP contribution in [0.1, 0.15) is 48.1 Å². The van der Waals surface area contributed by atoms with Gasteiger partial charge < -0.3 is 11.1 Å². The average Bonchev–Trinajstić information content (AvgIpc) is 3.19. The zero-order valence-corrected chi connectivity index (χ0v) is 16.3. The predicted molar refractivity (Wildman–Crippen MR) is 103 cm³/mol. The van der Waals surface area contributed by atoms with Crippen molar-refractivity contribution in [1.82, 2.24) is 24.9 Å². The molecule has 7 nitrogen and oxygen atoms in total. The summed E-state index contributed by atoms with van der Waals surface area (Å²) in [4.78, 5) is 22.4. The third-order valence-electron chi connectivity index (χ3n) is 4.33. The van der Waals surface area contributed by atoms with Crippen molar-refractivity contribution in [3.8, 4) is 0 Å². The van der Waals surface area contributed by atoms with Gasteiger partial charge in [0.2, 0.25) is 11.9 Å². The number of aryl methyl sites for hydroxylation is 2. The molecule has 0 aliphatic heterocycles. The number of anilines is 1. The van der Waals surface area contributed by atoms with Crippen LogP contribution in [0.2, 0.25) is 0 Å². The first-order valence-corrected chi connectivity index (χ1v) is 9.54. The molecule has 0 fully saturated rings. The van der Waals surface area contributed by atoms with Gasteiger partial charge in [0, 0.05) is 21.8 Å². The Morgan fingerprint density at radius 1 is 1.35 bits per heavy atom. The number of hydrogen-bond acceptors (Lipinski definition) is 6. The first kappa shape index (κ1) is 18.3. The number of nitrogen functional groups attached to an aromatic ring is 1. The molecule has 138 valence electrons. The third-order valence-corrected chi connectivity index (χ3v) is 5.32. The summed E-state index contributed by atoms with van der Waals surface area (Å²) >= 11 is 1.67. The fourth-order valence-corrected chi connectivity index (χ4v) is 3.88. The molecular formula is C18H24N6OS. The van der Waals surface area contributed by atoms with Crippen molar-refractivity contribution >= 4 is 29.0 Å². The van der Waals surface area contributed by atoms with Crippen molar-refractivity contribution in [1.29, 1.82) is 0 Å². The molecule has 3 heterocycles. The van der Waals surface area contributed by atoms with Gasteiger partial charge in [-0.15, -0.1) is 16.4 Å². The van der Waals surface area contributed by atoms with E-state index in [4.69, 9.17) is 5.73 Å². The molecular weight excluding hydrogens is 348 g/mol. The molecule has 0 unspecified atom stereocenters. The minimum Gasteiger partial charge on any atom is -0.366 e. The topological polar surface area (TPSA) is 98.2 Å². The fraction of sp³-hybridized carbons (Fsp3) is 0.444. The first-order chi connectivity index (χ1) is 12.3. The van der Waals surface area contributed by atoms with Gasteiger partial charge in [-0.25, -0.2) is 4.98 Å². The van der Waals surface area contributed by atoms with Gasteiger partial charge in [-0.3, -0.25) is 4.79 Å². The molecule has 0 bridgehead atoms. The molecule has 0 spiro atoms. The van der Waals surface area contributed by atoms with Gasteiger partial charge >= 0.3 is 0 Å². The maximum Gasteiger partial charge on any atom is 0.254 e. The van der Waals surface area contributed by atoms with E-state index in [0.717, 1.165) is 23.4 Å². The number of hydrogen-bond donors (Lipinski definition) is 2. The van der Waals surface area contributed by atoms with Crippen molar-refractivity contribution < 1.29 is 4.79 Å². The summed E-state index contributed by atoms with van der Waals surface area (Å²) in [5.41, 5.74) is 8.13. The van der Waals surface area contributed by atoms with Gasteiger partial charge in [0.05, 0.1) is 12.5 Å². The molecule has 0 radical (unpaired) electrons. The molecule has 3 aromatic rings. The number of amides is 1. The van der Waals surface area contributed by atoms with Crippen LogP contribution in [0, 0.1) is 19.8 Å². The number of thiophene rings is 1. The largest absolute Gasteiger partial charge is 0.366 e. The van der Waals surface area contributed by atoms with E-state index < -0.39 is 0 Å². The molecule has 0 saturated heterocycles. The summed E-state index contributed by atoms with van der Waals surface area (Å²) in [6, 6.07) is 4.11. The van der Waals surface area contributed by atoms with E-state index in [1.807, 2.05) is 25.3 Å². The van der Waals surface area contributed by atoms with Crippen molar-refractivity contribution in [2.24, 2.45) is 5.92 Å². The van der Waals surface area contributed by atoms with Crippen molar-refractivity contribution in [2.45, 2.75) is 46.6 Å². The van der Waals surface area contributed by atoms with Crippen molar-refractivity contribution in [3.63, 3.8) is 0 Å². The van der Waals surface area contributed by atoms with E-state index in [-0.39, 0.29) is 24.3 Å². The van der Waals surface area contributed by atoms with E-state index in [9.17, 15) is 4.79 Å². The first-order valence-electron chi connectivity index (χ1n) is 8.66. The number of carbonyl (C=O) groups excluding carboxylic acids is 1. The van der Waals surface area contributed by atoms with Crippen LogP contribution in [0.15, 0.2) is 17.5 Å². The smallest absolute Gasteiger partial charge is 0.254 e. The van der Waals surface area contributed by atoms with E-state index in [1.54, 1.807) is 15.9 Å². The Morgan fingerprint density at radius 2 is 2.12 bits per heavy atom. The Morgan fingerprint density at radius 3 is 2.77 bits per heavy atom. The molecule has 0 aliphatic rings. The van der Waals surface area contributed by atoms with Gasteiger partial charge in [0.1, 0.15) is 0 Å². The van der Waals surface area contributed by atoms with E-state index in [2.05, 4.69) is 40.3 Å². The number of carbonyl (C=O) groups is 1. The second-order valence-electron chi connectivity index (χ2n) is 6.88. The third kappa shape index (κ3) is 3.85. The standard InChI is InChI=1S/C18H24N6OS/c1-10(2)8-14(15-6-5-7-26-15)21-16(25)9-13-11(3)20-18-22-17(19)23-24(18)12(13)4/h5-7,10,14H,8-9H2,1-4H3,(H2,19,23)(H,21,25)/t14-/m1/s1. The molecule has 26 heavy (non-hydrogen) atoms. The van der Waals surface area contributed by atoms with Crippen LogP contribution >= 0.6 is 11.3 Å². The van der Waals surface area contributed by atoms with E-state index in [1.165, 1.54) is 4.88 Å². The SMILES string of the molecule is Cc1nc2nc(N)nn2c(C)c1CC(=O)N[C@H](CC(C)C)c1cccs1. The molecule has 3 N–H and O–H groups in total. The summed E-state index contributed by atoms with van der Waals surface area (Å²) < 4.78 is 1.59. The average molecular weight is 372 g/mol. The Kier molecular flexibility index (Phi) is 5.22. The number of nitrogens with two attached hydrogens (primary N) is 1. The van der Waals surface area contributed by atoms with E-state index >= 15 is 0 Å². The van der Waals surface area contributed by atoms with Crippen LogP contribution in [0.3, 0.4) is 0 Å². The summed E-state index contributed by atoms with van der Waals surface area (Å²) in [5, 5.41) is 9.37. The van der Waals surface area contributed by atoms with Crippen LogP contribution < -0.4 is 11.1 Å². The number of nitrogens with one attached hydrogen (secondary N) is 1. The van der Waals surface area contributed by atoms with Crippen molar-refractivity contribution in [3.05, 3.63) is 39.3 Å². The highest BCUT2D eigenvalue weighted by molar-refractivity contribution is 7.10. The molecule has 0 saturated carbocycles. The number of rotatable bonds is 6. The Labute approximate surface area is 156 Å². The van der Waals surface area contributed by atoms with Crippen molar-refractivity contribution in [2.75, 3.05) is 5.73 Å². The van der Waals surface area contributed by atoms with Gasteiger partial charge in [0.25, 0.3) is 5.78 Å². The molecule has 1 amide bonds. The van der Waals surface area contributed by atoms with Gasteiger partial charge in [0.15, 0.2) is 0 Å². The molecule has 8 heteroatoms. The lowest BCUT2D eigenvalue weighted by atomic mass is 10.0. The summed E-state index contributed by atoms with van der Waals surface area (Å²) in [7, 11) is 0. The molecule has 3 rings (SSSR count). The fourth-order valence-electron chi connectivity index (χ4n) is 3.09. The Hall–Kier alpha value is -2.48. The minimum absolute atomic E-state index is 0.0236. The van der Waals surface area contributed by atoms with Crippen LogP contribution in [0.4, 0.5) is 5.95 Å². The van der Waals surface area contributed by atoms with Crippen LogP contribution in [-0.2, 0) is 11.2 Å². The highest BCUT2D eigenvalue weighted by atomic mass is 32.1. The molecule has 1 atom stereocenters. The predicted octanol–water partition coefficient (Wildman–Crippen LogP) is 2.83. The summed E-state index contributed by atoms with van der Waals surface area (Å²) in [6.07, 6.45) is 1.15. The maximum absolute atomic E-state index is 12.7. The number of aromatic nitrogens is 4. The van der Waals surface area contributed by atoms with Crippen LogP contribution in [0.25, 0.3) is 5.78 Å². The monoisotopic (exact) mass is 372 g/mol. The zero-order chi connectivity index (χ0) is 18.8. The molecule has 0 aromatic carbocycles. The molecule has 3 aromatic heterocycles.